The summed E-state index contributed by atoms with van der Waals surface area (Å²) in [6, 6.07) is 9.28. The molecular formula is C27H30F6N4O3. The number of ether oxygens (including phenoxy) is 1. The van der Waals surface area contributed by atoms with E-state index in [9.17, 15) is 35.9 Å². The summed E-state index contributed by atoms with van der Waals surface area (Å²) in [5.74, 6) is -0.239. The normalized spacial score (nSPS) is 22.4. The number of rotatable bonds is 9. The highest BCUT2D eigenvalue weighted by Gasteiger charge is 2.48. The molecular weight excluding hydrogens is 542 g/mol. The number of Topliss-reactive ketones (excluding diaryl/α,β-unsaturated/α-hetero) is 1. The number of amides is 2. The Bertz CT molecular complexity index is 1190. The highest BCUT2D eigenvalue weighted by Crippen LogP contribution is 2.41. The van der Waals surface area contributed by atoms with Crippen LogP contribution in [0.3, 0.4) is 0 Å². The molecule has 1 unspecified atom stereocenters. The van der Waals surface area contributed by atoms with Crippen molar-refractivity contribution in [1.29, 1.82) is 5.41 Å². The van der Waals surface area contributed by atoms with Crippen molar-refractivity contribution in [3.05, 3.63) is 70.8 Å². The van der Waals surface area contributed by atoms with Gasteiger partial charge in [-0.2, -0.15) is 26.3 Å². The summed E-state index contributed by atoms with van der Waals surface area (Å²) in [7, 11) is 0. The van der Waals surface area contributed by atoms with Crippen LogP contribution in [0.1, 0.15) is 61.5 Å². The quantitative estimate of drug-likeness (QED) is 0.201. The number of ketones is 1. The first-order valence-corrected chi connectivity index (χ1v) is 12.3. The van der Waals surface area contributed by atoms with Crippen LogP contribution in [0.15, 0.2) is 48.5 Å². The molecule has 40 heavy (non-hydrogen) atoms. The Hall–Kier alpha value is -3.45. The fourth-order valence-corrected chi connectivity index (χ4v) is 5.08. The maximum Gasteiger partial charge on any atom is 0.416 e. The summed E-state index contributed by atoms with van der Waals surface area (Å²) >= 11 is 0. The molecule has 1 aliphatic rings. The standard InChI is InChI=1S/C27H30F6N4O3/c1-17(38)13-24(37(16-34)23(35)39)8-9-25(36-14-24,20-6-4-3-5-7-20)15-40-18(2)19-10-21(26(28,29)30)12-22(11-19)27(31,32)33/h3-7,10-12,16,18,34,36H,8-9,13-15H2,1-2H3,(H2,35,39)/t18-,24?,25-/m1/s1. The summed E-state index contributed by atoms with van der Waals surface area (Å²) in [5.41, 5.74) is 0.907. The topological polar surface area (TPSA) is 109 Å². The van der Waals surface area contributed by atoms with E-state index in [2.05, 4.69) is 5.32 Å². The Morgan fingerprint density at radius 2 is 1.65 bits per heavy atom. The molecule has 0 aliphatic carbocycles. The van der Waals surface area contributed by atoms with E-state index in [1.807, 2.05) is 0 Å². The van der Waals surface area contributed by atoms with E-state index in [4.69, 9.17) is 15.9 Å². The second kappa shape index (κ2) is 11.6. The summed E-state index contributed by atoms with van der Waals surface area (Å²) in [4.78, 5) is 25.2. The van der Waals surface area contributed by atoms with Crippen molar-refractivity contribution in [2.24, 2.45) is 5.73 Å². The van der Waals surface area contributed by atoms with Gasteiger partial charge in [0.05, 0.1) is 41.3 Å². The molecule has 0 radical (unpaired) electrons. The summed E-state index contributed by atoms with van der Waals surface area (Å²) < 4.78 is 86.2. The lowest BCUT2D eigenvalue weighted by atomic mass is 9.74. The number of nitrogens with zero attached hydrogens (tertiary/aromatic N) is 1. The number of primary amides is 1. The van der Waals surface area contributed by atoms with E-state index in [0.29, 0.717) is 12.1 Å². The number of hydrogen-bond donors (Lipinski definition) is 3. The number of nitrogens with two attached hydrogens (primary N) is 1. The molecule has 218 valence electrons. The summed E-state index contributed by atoms with van der Waals surface area (Å²) in [6.45, 7) is 2.56. The maximum atomic E-state index is 13.4. The van der Waals surface area contributed by atoms with Crippen molar-refractivity contribution < 1.29 is 40.7 Å². The van der Waals surface area contributed by atoms with Gasteiger partial charge in [0.15, 0.2) is 0 Å². The average Bonchev–Trinajstić information content (AvgIpc) is 2.87. The molecule has 0 bridgehead atoms. The van der Waals surface area contributed by atoms with E-state index < -0.39 is 46.7 Å². The predicted molar refractivity (Wildman–Crippen MR) is 134 cm³/mol. The molecule has 3 atom stereocenters. The van der Waals surface area contributed by atoms with Crippen LogP contribution in [0, 0.1) is 5.41 Å². The molecule has 3 rings (SSSR count). The van der Waals surface area contributed by atoms with E-state index >= 15 is 0 Å². The van der Waals surface area contributed by atoms with Crippen molar-refractivity contribution >= 4 is 18.2 Å². The zero-order valence-corrected chi connectivity index (χ0v) is 21.8. The van der Waals surface area contributed by atoms with Gasteiger partial charge in [0, 0.05) is 13.0 Å². The Kier molecular flexibility index (Phi) is 8.99. The summed E-state index contributed by atoms with van der Waals surface area (Å²) in [5, 5.41) is 11.0. The number of nitrogens with one attached hydrogen (secondary N) is 2. The average molecular weight is 573 g/mol. The van der Waals surface area contributed by atoms with Crippen LogP contribution in [-0.4, -0.2) is 41.7 Å². The van der Waals surface area contributed by atoms with Crippen molar-refractivity contribution in [1.82, 2.24) is 10.2 Å². The summed E-state index contributed by atoms with van der Waals surface area (Å²) in [6.07, 6.45) is -10.0. The number of hydrogen-bond acceptors (Lipinski definition) is 5. The molecule has 2 aromatic carbocycles. The molecule has 7 nitrogen and oxygen atoms in total. The Labute approximate surface area is 227 Å². The van der Waals surface area contributed by atoms with E-state index in [1.54, 1.807) is 30.3 Å². The van der Waals surface area contributed by atoms with Gasteiger partial charge < -0.3 is 15.8 Å². The second-order valence-electron chi connectivity index (χ2n) is 10.0. The first-order valence-electron chi connectivity index (χ1n) is 12.3. The highest BCUT2D eigenvalue weighted by molar-refractivity contribution is 5.87. The number of halogens is 6. The first kappa shape index (κ1) is 31.1. The number of alkyl halides is 6. The third-order valence-electron chi connectivity index (χ3n) is 7.21. The third-order valence-corrected chi connectivity index (χ3v) is 7.21. The third kappa shape index (κ3) is 6.81. The molecule has 2 amide bonds. The SMILES string of the molecule is CC(=O)CC1(N(C=N)C(N)=O)CC[C@@](CO[C@H](C)c2cc(C(F)(F)F)cc(C(F)(F)F)c2)(c2ccccc2)NC1. The molecule has 2 aromatic rings. The molecule has 1 fully saturated rings. The predicted octanol–water partition coefficient (Wildman–Crippen LogP) is 5.79. The molecule has 0 aromatic heterocycles. The van der Waals surface area contributed by atoms with Gasteiger partial charge >= 0.3 is 18.4 Å². The number of benzene rings is 2. The van der Waals surface area contributed by atoms with E-state index in [1.165, 1.54) is 13.8 Å². The molecule has 0 saturated carbocycles. The Morgan fingerprint density at radius 1 is 1.07 bits per heavy atom. The van der Waals surface area contributed by atoms with Crippen LogP contribution in [-0.2, 0) is 27.4 Å². The van der Waals surface area contributed by atoms with Crippen molar-refractivity contribution in [2.75, 3.05) is 13.2 Å². The van der Waals surface area contributed by atoms with Crippen molar-refractivity contribution in [3.8, 4) is 0 Å². The van der Waals surface area contributed by atoms with Crippen molar-refractivity contribution in [2.45, 2.75) is 62.6 Å². The molecule has 1 heterocycles. The van der Waals surface area contributed by atoms with Gasteiger partial charge in [-0.15, -0.1) is 0 Å². The second-order valence-corrected chi connectivity index (χ2v) is 10.0. The molecule has 1 saturated heterocycles. The van der Waals surface area contributed by atoms with Crippen LogP contribution in [0.5, 0.6) is 0 Å². The van der Waals surface area contributed by atoms with E-state index in [-0.39, 0.29) is 49.8 Å². The van der Waals surface area contributed by atoms with Gasteiger partial charge in [0.1, 0.15) is 5.78 Å². The van der Waals surface area contributed by atoms with Crippen LogP contribution >= 0.6 is 0 Å². The van der Waals surface area contributed by atoms with Gasteiger partial charge in [-0.3, -0.25) is 15.1 Å². The lowest BCUT2D eigenvalue weighted by molar-refractivity contribution is -0.143. The fraction of sp³-hybridized carbons (Fsp3) is 0.444. The zero-order chi connectivity index (χ0) is 29.9. The molecule has 1 aliphatic heterocycles. The zero-order valence-electron chi connectivity index (χ0n) is 21.8. The lowest BCUT2D eigenvalue weighted by Crippen LogP contribution is -2.66. The van der Waals surface area contributed by atoms with Crippen LogP contribution < -0.4 is 11.1 Å². The molecule has 4 N–H and O–H groups in total. The van der Waals surface area contributed by atoms with Crippen LogP contribution in [0.4, 0.5) is 31.1 Å². The maximum absolute atomic E-state index is 13.4. The minimum absolute atomic E-state index is 0.0132. The van der Waals surface area contributed by atoms with Gasteiger partial charge in [-0.25, -0.2) is 4.79 Å². The first-order chi connectivity index (χ1) is 18.5. The van der Waals surface area contributed by atoms with Gasteiger partial charge in [-0.1, -0.05) is 30.3 Å². The smallest absolute Gasteiger partial charge is 0.372 e. The molecule has 0 spiro atoms. The fourth-order valence-electron chi connectivity index (χ4n) is 5.08. The number of piperidine rings is 1. The number of urea groups is 1. The van der Waals surface area contributed by atoms with Crippen molar-refractivity contribution in [3.63, 3.8) is 0 Å². The lowest BCUT2D eigenvalue weighted by Gasteiger charge is -2.50. The molecule has 13 heteroatoms. The van der Waals surface area contributed by atoms with Gasteiger partial charge in [-0.05, 0) is 56.0 Å². The van der Waals surface area contributed by atoms with E-state index in [0.717, 1.165) is 16.8 Å². The van der Waals surface area contributed by atoms with Gasteiger partial charge in [0.2, 0.25) is 0 Å². The van der Waals surface area contributed by atoms with Gasteiger partial charge in [0.25, 0.3) is 0 Å². The largest absolute Gasteiger partial charge is 0.416 e. The number of carbonyl (C=O) groups is 2. The van der Waals surface area contributed by atoms with Crippen LogP contribution in [0.2, 0.25) is 0 Å². The monoisotopic (exact) mass is 572 g/mol. The minimum atomic E-state index is -4.99. The Morgan fingerprint density at radius 3 is 2.08 bits per heavy atom. The minimum Gasteiger partial charge on any atom is -0.372 e. The number of carbonyl (C=O) groups excluding carboxylic acids is 2. The Balaban J connectivity index is 1.94. The van der Waals surface area contributed by atoms with Crippen LogP contribution in [0.25, 0.3) is 0 Å². The highest BCUT2D eigenvalue weighted by atomic mass is 19.4.